The zero-order valence-corrected chi connectivity index (χ0v) is 10.3. The number of hydrogen-bond acceptors (Lipinski definition) is 3. The Morgan fingerprint density at radius 3 is 3.18 bits per heavy atom. The summed E-state index contributed by atoms with van der Waals surface area (Å²) in [5.74, 6) is 0.413. The molecular formula is C12H20N4O. The summed E-state index contributed by atoms with van der Waals surface area (Å²) < 4.78 is 1.85. The van der Waals surface area contributed by atoms with Gasteiger partial charge in [0, 0.05) is 32.5 Å². The van der Waals surface area contributed by atoms with E-state index in [0.29, 0.717) is 0 Å². The normalized spacial score (nSPS) is 20.2. The molecule has 94 valence electrons. The van der Waals surface area contributed by atoms with Gasteiger partial charge in [-0.15, -0.1) is 0 Å². The third-order valence-corrected chi connectivity index (χ3v) is 3.25. The molecule has 1 aromatic rings. The number of nitrogens with one attached hydrogen (secondary N) is 1. The molecule has 1 unspecified atom stereocenters. The van der Waals surface area contributed by atoms with E-state index in [1.54, 1.807) is 6.20 Å². The van der Waals surface area contributed by atoms with Crippen molar-refractivity contribution in [3.63, 3.8) is 0 Å². The molecule has 2 rings (SSSR count). The van der Waals surface area contributed by atoms with Crippen molar-refractivity contribution in [3.8, 4) is 0 Å². The van der Waals surface area contributed by atoms with Crippen molar-refractivity contribution in [3.05, 3.63) is 18.5 Å². The zero-order valence-electron chi connectivity index (χ0n) is 10.3. The second-order valence-electron chi connectivity index (χ2n) is 4.57. The van der Waals surface area contributed by atoms with Gasteiger partial charge in [0.15, 0.2) is 0 Å². The summed E-state index contributed by atoms with van der Waals surface area (Å²) in [6.07, 6.45) is 5.79. The van der Waals surface area contributed by atoms with Crippen LogP contribution in [0.4, 0.5) is 0 Å². The molecule has 5 heteroatoms. The number of carbonyl (C=O) groups excluding carboxylic acids is 1. The predicted molar refractivity (Wildman–Crippen MR) is 65.5 cm³/mol. The number of aromatic nitrogens is 2. The highest BCUT2D eigenvalue weighted by molar-refractivity contribution is 5.78. The molecule has 0 spiro atoms. The SMILES string of the molecule is CN(CCn1cccn1)C(=O)C1CCCNC1. The van der Waals surface area contributed by atoms with Crippen LogP contribution in [0.25, 0.3) is 0 Å². The summed E-state index contributed by atoms with van der Waals surface area (Å²) in [5, 5.41) is 7.40. The Kier molecular flexibility index (Phi) is 4.14. The number of piperidine rings is 1. The molecule has 0 saturated carbocycles. The third-order valence-electron chi connectivity index (χ3n) is 3.25. The van der Waals surface area contributed by atoms with Crippen molar-refractivity contribution in [1.29, 1.82) is 0 Å². The molecule has 1 saturated heterocycles. The zero-order chi connectivity index (χ0) is 12.1. The quantitative estimate of drug-likeness (QED) is 0.820. The maximum Gasteiger partial charge on any atom is 0.226 e. The van der Waals surface area contributed by atoms with Crippen LogP contribution in [0.2, 0.25) is 0 Å². The summed E-state index contributed by atoms with van der Waals surface area (Å²) in [4.78, 5) is 13.9. The van der Waals surface area contributed by atoms with E-state index in [9.17, 15) is 4.79 Å². The van der Waals surface area contributed by atoms with Crippen LogP contribution in [0.3, 0.4) is 0 Å². The molecule has 1 N–H and O–H groups in total. The second-order valence-corrected chi connectivity index (χ2v) is 4.57. The van der Waals surface area contributed by atoms with Crippen LogP contribution < -0.4 is 5.32 Å². The Hall–Kier alpha value is -1.36. The van der Waals surface area contributed by atoms with E-state index in [1.807, 2.05) is 28.9 Å². The summed E-state index contributed by atoms with van der Waals surface area (Å²) in [7, 11) is 1.88. The van der Waals surface area contributed by atoms with Gasteiger partial charge in [-0.25, -0.2) is 0 Å². The highest BCUT2D eigenvalue weighted by atomic mass is 16.2. The van der Waals surface area contributed by atoms with Crippen molar-refractivity contribution in [2.75, 3.05) is 26.7 Å². The third kappa shape index (κ3) is 3.30. The van der Waals surface area contributed by atoms with E-state index in [2.05, 4.69) is 10.4 Å². The molecule has 2 heterocycles. The van der Waals surface area contributed by atoms with Crippen LogP contribution in [0.5, 0.6) is 0 Å². The number of carbonyl (C=O) groups is 1. The van der Waals surface area contributed by atoms with Crippen LogP contribution in [0.15, 0.2) is 18.5 Å². The topological polar surface area (TPSA) is 50.2 Å². The molecule has 0 radical (unpaired) electrons. The molecular weight excluding hydrogens is 216 g/mol. The Labute approximate surface area is 102 Å². The van der Waals surface area contributed by atoms with Gasteiger partial charge in [-0.3, -0.25) is 9.48 Å². The standard InChI is InChI=1S/C12H20N4O/c1-15(8-9-16-7-3-6-14-16)12(17)11-4-2-5-13-10-11/h3,6-7,11,13H,2,4-5,8-10H2,1H3. The minimum Gasteiger partial charge on any atom is -0.344 e. The minimum atomic E-state index is 0.159. The molecule has 0 aromatic carbocycles. The monoisotopic (exact) mass is 236 g/mol. The lowest BCUT2D eigenvalue weighted by Gasteiger charge is -2.27. The van der Waals surface area contributed by atoms with Gasteiger partial charge >= 0.3 is 0 Å². The van der Waals surface area contributed by atoms with Crippen molar-refractivity contribution in [2.24, 2.45) is 5.92 Å². The molecule has 0 aliphatic carbocycles. The van der Waals surface area contributed by atoms with Gasteiger partial charge in [-0.05, 0) is 25.5 Å². The van der Waals surface area contributed by atoms with Gasteiger partial charge in [0.2, 0.25) is 5.91 Å². The molecule has 0 bridgehead atoms. The van der Waals surface area contributed by atoms with E-state index in [0.717, 1.165) is 39.0 Å². The highest BCUT2D eigenvalue weighted by Crippen LogP contribution is 2.12. The Balaban J connectivity index is 1.78. The Bertz CT molecular complexity index is 343. The summed E-state index contributed by atoms with van der Waals surface area (Å²) in [5.41, 5.74) is 0. The van der Waals surface area contributed by atoms with Gasteiger partial charge in [-0.2, -0.15) is 5.10 Å². The molecule has 1 atom stereocenters. The lowest BCUT2D eigenvalue weighted by atomic mass is 9.98. The smallest absolute Gasteiger partial charge is 0.226 e. The van der Waals surface area contributed by atoms with Gasteiger partial charge < -0.3 is 10.2 Å². The van der Waals surface area contributed by atoms with Gasteiger partial charge in [0.25, 0.3) is 0 Å². The molecule has 5 nitrogen and oxygen atoms in total. The van der Waals surface area contributed by atoms with E-state index in [-0.39, 0.29) is 11.8 Å². The first-order valence-electron chi connectivity index (χ1n) is 6.20. The molecule has 1 fully saturated rings. The van der Waals surface area contributed by atoms with Crippen LogP contribution in [0, 0.1) is 5.92 Å². The number of amides is 1. The maximum atomic E-state index is 12.1. The van der Waals surface area contributed by atoms with E-state index in [4.69, 9.17) is 0 Å². The number of rotatable bonds is 4. The second kappa shape index (κ2) is 5.82. The minimum absolute atomic E-state index is 0.159. The first kappa shape index (κ1) is 12.1. The van der Waals surface area contributed by atoms with Crippen molar-refractivity contribution < 1.29 is 4.79 Å². The summed E-state index contributed by atoms with van der Waals surface area (Å²) in [6, 6.07) is 1.90. The predicted octanol–water partition coefficient (Wildman–Crippen LogP) is 0.341. The largest absolute Gasteiger partial charge is 0.344 e. The van der Waals surface area contributed by atoms with Crippen LogP contribution in [0.1, 0.15) is 12.8 Å². The first-order valence-corrected chi connectivity index (χ1v) is 6.20. The molecule has 17 heavy (non-hydrogen) atoms. The van der Waals surface area contributed by atoms with Crippen molar-refractivity contribution in [2.45, 2.75) is 19.4 Å². The fraction of sp³-hybridized carbons (Fsp3) is 0.667. The van der Waals surface area contributed by atoms with Gasteiger partial charge in [-0.1, -0.05) is 0 Å². The van der Waals surface area contributed by atoms with Crippen molar-refractivity contribution in [1.82, 2.24) is 20.0 Å². The number of hydrogen-bond donors (Lipinski definition) is 1. The number of likely N-dealkylation sites (N-methyl/N-ethyl adjacent to an activating group) is 1. The average Bonchev–Trinajstić information content (AvgIpc) is 2.89. The summed E-state index contributed by atoms with van der Waals surface area (Å²) in [6.45, 7) is 3.35. The maximum absolute atomic E-state index is 12.1. The van der Waals surface area contributed by atoms with E-state index < -0.39 is 0 Å². The first-order chi connectivity index (χ1) is 8.27. The molecule has 1 aromatic heterocycles. The van der Waals surface area contributed by atoms with Gasteiger partial charge in [0.05, 0.1) is 12.5 Å². The van der Waals surface area contributed by atoms with Crippen LogP contribution >= 0.6 is 0 Å². The van der Waals surface area contributed by atoms with E-state index in [1.165, 1.54) is 0 Å². The lowest BCUT2D eigenvalue weighted by Crippen LogP contribution is -2.42. The molecule has 1 amide bonds. The van der Waals surface area contributed by atoms with Crippen LogP contribution in [-0.2, 0) is 11.3 Å². The average molecular weight is 236 g/mol. The highest BCUT2D eigenvalue weighted by Gasteiger charge is 2.23. The number of nitrogens with zero attached hydrogens (tertiary/aromatic N) is 3. The lowest BCUT2D eigenvalue weighted by molar-refractivity contribution is -0.134. The molecule has 1 aliphatic rings. The summed E-state index contributed by atoms with van der Waals surface area (Å²) >= 11 is 0. The fourth-order valence-electron chi connectivity index (χ4n) is 2.17. The fourth-order valence-corrected chi connectivity index (χ4v) is 2.17. The van der Waals surface area contributed by atoms with Crippen LogP contribution in [-0.4, -0.2) is 47.3 Å². The van der Waals surface area contributed by atoms with Gasteiger partial charge in [0.1, 0.15) is 0 Å². The Morgan fingerprint density at radius 1 is 1.65 bits per heavy atom. The van der Waals surface area contributed by atoms with Crippen molar-refractivity contribution >= 4 is 5.91 Å². The van der Waals surface area contributed by atoms with E-state index >= 15 is 0 Å². The molecule has 1 aliphatic heterocycles. The Morgan fingerprint density at radius 2 is 2.53 bits per heavy atom.